The van der Waals surface area contributed by atoms with Crippen molar-refractivity contribution in [2.75, 3.05) is 4.90 Å². The summed E-state index contributed by atoms with van der Waals surface area (Å²) in [6, 6.07) is 19.2. The number of benzene rings is 3. The van der Waals surface area contributed by atoms with E-state index in [1.807, 2.05) is 0 Å². The van der Waals surface area contributed by atoms with Crippen LogP contribution in [0.4, 0.5) is 17.1 Å². The van der Waals surface area contributed by atoms with Crippen LogP contribution in [0.5, 0.6) is 0 Å². The van der Waals surface area contributed by atoms with Crippen LogP contribution >= 0.6 is 23.2 Å². The molecule has 0 atom stereocenters. The number of nitrogens with zero attached hydrogens (tertiary/aromatic N) is 2. The molecule has 1 amide bonds. The number of para-hydroxylation sites is 3. The number of carbonyl (C=O) groups excluding carboxylic acids is 1. The van der Waals surface area contributed by atoms with Crippen molar-refractivity contribution in [2.45, 2.75) is 0 Å². The molecule has 0 heterocycles. The summed E-state index contributed by atoms with van der Waals surface area (Å²) in [5.41, 5.74) is 0.644. The van der Waals surface area contributed by atoms with Gasteiger partial charge in [0.25, 0.3) is 11.6 Å². The fraction of sp³-hybridized carbons (Fsp3) is 0. The third-order valence-corrected chi connectivity index (χ3v) is 4.25. The minimum atomic E-state index is -0.526. The van der Waals surface area contributed by atoms with Crippen LogP contribution in [0, 0.1) is 10.1 Å². The number of rotatable bonds is 4. The number of anilines is 2. The quantitative estimate of drug-likeness (QED) is 0.415. The van der Waals surface area contributed by atoms with Crippen LogP contribution in [0.2, 0.25) is 10.0 Å². The van der Waals surface area contributed by atoms with Crippen LogP contribution in [-0.4, -0.2) is 10.8 Å². The van der Waals surface area contributed by atoms with Crippen LogP contribution < -0.4 is 4.90 Å². The second-order valence-corrected chi connectivity index (χ2v) is 6.19. The highest BCUT2D eigenvalue weighted by Gasteiger charge is 2.27. The van der Waals surface area contributed by atoms with Gasteiger partial charge in [-0.25, -0.2) is 0 Å². The van der Waals surface area contributed by atoms with Gasteiger partial charge >= 0.3 is 0 Å². The molecule has 0 radical (unpaired) electrons. The molecule has 3 aromatic rings. The largest absolute Gasteiger partial charge is 0.293 e. The Kier molecular flexibility index (Phi) is 5.21. The fourth-order valence-electron chi connectivity index (χ4n) is 2.53. The van der Waals surface area contributed by atoms with Crippen LogP contribution in [0.25, 0.3) is 0 Å². The van der Waals surface area contributed by atoms with Gasteiger partial charge in [-0.15, -0.1) is 0 Å². The van der Waals surface area contributed by atoms with Crippen LogP contribution in [0.3, 0.4) is 0 Å². The highest BCUT2D eigenvalue weighted by atomic mass is 35.5. The van der Waals surface area contributed by atoms with Gasteiger partial charge in [0.05, 0.1) is 15.5 Å². The molecule has 0 aliphatic carbocycles. The highest BCUT2D eigenvalue weighted by molar-refractivity contribution is 6.37. The first-order valence-electron chi connectivity index (χ1n) is 7.57. The molecule has 7 heteroatoms. The standard InChI is InChI=1S/C19H12Cl2N2O3/c20-13-10-11-15(16(21)12-13)19(24)22(14-6-2-1-3-7-14)17-8-4-5-9-18(17)23(25)26/h1-12H. The Balaban J connectivity index is 2.20. The van der Waals surface area contributed by atoms with Crippen molar-refractivity contribution in [3.05, 3.63) is 98.5 Å². The third kappa shape index (κ3) is 3.54. The molecule has 3 aromatic carbocycles. The van der Waals surface area contributed by atoms with Crippen molar-refractivity contribution in [3.63, 3.8) is 0 Å². The first-order chi connectivity index (χ1) is 12.5. The summed E-state index contributed by atoms with van der Waals surface area (Å²) in [5.74, 6) is -0.493. The molecule has 5 nitrogen and oxygen atoms in total. The lowest BCUT2D eigenvalue weighted by atomic mass is 10.1. The van der Waals surface area contributed by atoms with Crippen LogP contribution in [-0.2, 0) is 0 Å². The third-order valence-electron chi connectivity index (χ3n) is 3.70. The Morgan fingerprint density at radius 1 is 0.923 bits per heavy atom. The number of nitro benzene ring substituents is 1. The molecule has 0 unspecified atom stereocenters. The lowest BCUT2D eigenvalue weighted by molar-refractivity contribution is -0.384. The Hall–Kier alpha value is -2.89. The lowest BCUT2D eigenvalue weighted by Gasteiger charge is -2.23. The maximum Gasteiger partial charge on any atom is 0.293 e. The summed E-state index contributed by atoms with van der Waals surface area (Å²) < 4.78 is 0. The molecule has 26 heavy (non-hydrogen) atoms. The summed E-state index contributed by atoms with van der Waals surface area (Å²) in [6.07, 6.45) is 0. The summed E-state index contributed by atoms with van der Waals surface area (Å²) in [6.45, 7) is 0. The number of halogens is 2. The SMILES string of the molecule is O=C(c1ccc(Cl)cc1Cl)N(c1ccccc1)c1ccccc1[N+](=O)[O-]. The molecule has 0 spiro atoms. The van der Waals surface area contributed by atoms with E-state index in [1.54, 1.807) is 48.5 Å². The molecule has 3 rings (SSSR count). The Labute approximate surface area is 159 Å². The molecule has 0 aliphatic rings. The zero-order chi connectivity index (χ0) is 18.7. The van der Waals surface area contributed by atoms with Gasteiger partial charge in [-0.2, -0.15) is 0 Å². The zero-order valence-electron chi connectivity index (χ0n) is 13.3. The first kappa shape index (κ1) is 17.9. The van der Waals surface area contributed by atoms with Crippen molar-refractivity contribution >= 4 is 46.2 Å². The predicted molar refractivity (Wildman–Crippen MR) is 102 cm³/mol. The normalized spacial score (nSPS) is 10.4. The average Bonchev–Trinajstić information content (AvgIpc) is 2.63. The minimum absolute atomic E-state index is 0.153. The average molecular weight is 387 g/mol. The van der Waals surface area contributed by atoms with E-state index in [1.165, 1.54) is 29.2 Å². The first-order valence-corrected chi connectivity index (χ1v) is 8.32. The molecule has 0 fully saturated rings. The van der Waals surface area contributed by atoms with E-state index in [-0.39, 0.29) is 22.0 Å². The molecule has 0 bridgehead atoms. The minimum Gasteiger partial charge on any atom is -0.270 e. The predicted octanol–water partition coefficient (Wildman–Crippen LogP) is 5.88. The van der Waals surface area contributed by atoms with Gasteiger partial charge in [-0.3, -0.25) is 19.8 Å². The molecule has 0 saturated carbocycles. The van der Waals surface area contributed by atoms with E-state index in [2.05, 4.69) is 0 Å². The molecular formula is C19H12Cl2N2O3. The summed E-state index contributed by atoms with van der Waals surface area (Å²) >= 11 is 12.1. The van der Waals surface area contributed by atoms with Crippen LogP contribution in [0.1, 0.15) is 10.4 Å². The second kappa shape index (κ2) is 7.56. The molecule has 0 saturated heterocycles. The molecule has 0 N–H and O–H groups in total. The van der Waals surface area contributed by atoms with Gasteiger partial charge in [0.15, 0.2) is 0 Å². The van der Waals surface area contributed by atoms with E-state index < -0.39 is 10.8 Å². The van der Waals surface area contributed by atoms with Crippen molar-refractivity contribution in [1.82, 2.24) is 0 Å². The lowest BCUT2D eigenvalue weighted by Crippen LogP contribution is -2.27. The number of hydrogen-bond acceptors (Lipinski definition) is 3. The van der Waals surface area contributed by atoms with Gasteiger partial charge < -0.3 is 0 Å². The number of carbonyl (C=O) groups is 1. The summed E-state index contributed by atoms with van der Waals surface area (Å²) in [4.78, 5) is 25.4. The Bertz CT molecular complexity index is 978. The molecular weight excluding hydrogens is 375 g/mol. The van der Waals surface area contributed by atoms with Gasteiger partial charge in [-0.1, -0.05) is 53.5 Å². The number of amides is 1. The van der Waals surface area contributed by atoms with Crippen molar-refractivity contribution in [3.8, 4) is 0 Å². The second-order valence-electron chi connectivity index (χ2n) is 5.35. The topological polar surface area (TPSA) is 63.5 Å². The molecule has 0 aromatic heterocycles. The van der Waals surface area contributed by atoms with Gasteiger partial charge in [-0.05, 0) is 36.4 Å². The van der Waals surface area contributed by atoms with Gasteiger partial charge in [0.1, 0.15) is 5.69 Å². The van der Waals surface area contributed by atoms with Crippen molar-refractivity contribution in [1.29, 1.82) is 0 Å². The number of nitro groups is 1. The van der Waals surface area contributed by atoms with E-state index in [9.17, 15) is 14.9 Å². The van der Waals surface area contributed by atoms with E-state index >= 15 is 0 Å². The smallest absolute Gasteiger partial charge is 0.270 e. The van der Waals surface area contributed by atoms with Gasteiger partial charge in [0.2, 0.25) is 0 Å². The van der Waals surface area contributed by atoms with Crippen molar-refractivity contribution in [2.24, 2.45) is 0 Å². The summed E-state index contributed by atoms with van der Waals surface area (Å²) in [5, 5.41) is 12.0. The Morgan fingerprint density at radius 3 is 2.23 bits per heavy atom. The van der Waals surface area contributed by atoms with E-state index in [4.69, 9.17) is 23.2 Å². The van der Waals surface area contributed by atoms with E-state index in [0.29, 0.717) is 10.7 Å². The fourth-order valence-corrected chi connectivity index (χ4v) is 3.02. The van der Waals surface area contributed by atoms with E-state index in [0.717, 1.165) is 0 Å². The summed E-state index contributed by atoms with van der Waals surface area (Å²) in [7, 11) is 0. The molecule has 130 valence electrons. The maximum absolute atomic E-state index is 13.2. The molecule has 0 aliphatic heterocycles. The van der Waals surface area contributed by atoms with Crippen LogP contribution in [0.15, 0.2) is 72.8 Å². The van der Waals surface area contributed by atoms with Gasteiger partial charge in [0, 0.05) is 16.8 Å². The highest BCUT2D eigenvalue weighted by Crippen LogP contribution is 2.36. The number of hydrogen-bond donors (Lipinski definition) is 0. The Morgan fingerprint density at radius 2 is 1.58 bits per heavy atom. The monoisotopic (exact) mass is 386 g/mol. The maximum atomic E-state index is 13.2. The van der Waals surface area contributed by atoms with Crippen molar-refractivity contribution < 1.29 is 9.72 Å². The zero-order valence-corrected chi connectivity index (χ0v) is 14.8.